The highest BCUT2D eigenvalue weighted by molar-refractivity contribution is 7.93. The Hall–Kier alpha value is -3.80. The first kappa shape index (κ1) is 26.8. The largest absolute Gasteiger partial charge is 0.493 e. The minimum atomic E-state index is -4.13. The average Bonchev–Trinajstić information content (AvgIpc) is 3.32. The molecule has 3 rings (SSSR count). The Bertz CT molecular complexity index is 1570. The fraction of sp³-hybridized carbons (Fsp3) is 0.182. The number of nitrogens with one attached hydrogen (secondary N) is 1. The van der Waals surface area contributed by atoms with E-state index in [1.807, 2.05) is 6.92 Å². The van der Waals surface area contributed by atoms with Gasteiger partial charge < -0.3 is 8.92 Å². The second-order valence-corrected chi connectivity index (χ2v) is 12.1. The van der Waals surface area contributed by atoms with Crippen LogP contribution in [-0.4, -0.2) is 45.8 Å². The molecule has 0 aliphatic heterocycles. The first-order chi connectivity index (χ1) is 17.0. The SMILES string of the molecule is CCS(=O)(=O)c1nnc(NC(=O)C(C#N)=Cc2ccc(OS(=O)(=O)c3ccc(C)cc3)c(OC)c2)s1. The molecule has 0 radical (unpaired) electrons. The number of amides is 1. The molecule has 0 saturated heterocycles. The van der Waals surface area contributed by atoms with Crippen molar-refractivity contribution in [3.63, 3.8) is 0 Å². The normalized spacial score (nSPS) is 12.0. The Labute approximate surface area is 212 Å². The van der Waals surface area contributed by atoms with Crippen molar-refractivity contribution in [2.45, 2.75) is 23.1 Å². The summed E-state index contributed by atoms with van der Waals surface area (Å²) in [5.41, 5.74) is 0.899. The van der Waals surface area contributed by atoms with Crippen LogP contribution in [0.3, 0.4) is 0 Å². The monoisotopic (exact) mass is 548 g/mol. The van der Waals surface area contributed by atoms with Crippen molar-refractivity contribution >= 4 is 48.4 Å². The van der Waals surface area contributed by atoms with Crippen molar-refractivity contribution in [2.24, 2.45) is 0 Å². The van der Waals surface area contributed by atoms with Gasteiger partial charge in [0.2, 0.25) is 19.3 Å². The minimum absolute atomic E-state index is 0.0332. The van der Waals surface area contributed by atoms with Crippen LogP contribution in [0.25, 0.3) is 6.08 Å². The molecule has 1 amide bonds. The van der Waals surface area contributed by atoms with Crippen LogP contribution in [0.4, 0.5) is 5.13 Å². The molecular weight excluding hydrogens is 528 g/mol. The van der Waals surface area contributed by atoms with E-state index in [1.54, 1.807) is 18.2 Å². The zero-order valence-corrected chi connectivity index (χ0v) is 21.7. The number of anilines is 1. The van der Waals surface area contributed by atoms with Gasteiger partial charge in [-0.15, -0.1) is 10.2 Å². The summed E-state index contributed by atoms with van der Waals surface area (Å²) in [5, 5.41) is 18.9. The standard InChI is InChI=1S/C22H20N4O7S3/c1-4-35(28,29)22-26-25-21(34-22)24-20(27)16(13-23)11-15-7-10-18(19(12-15)32-3)33-36(30,31)17-8-5-14(2)6-9-17/h5-12H,4H2,1-3H3,(H,24,25,27). The van der Waals surface area contributed by atoms with E-state index >= 15 is 0 Å². The number of methoxy groups -OCH3 is 1. The molecule has 0 atom stereocenters. The molecule has 14 heteroatoms. The van der Waals surface area contributed by atoms with Gasteiger partial charge in [-0.1, -0.05) is 42.0 Å². The van der Waals surface area contributed by atoms with Crippen LogP contribution >= 0.6 is 11.3 Å². The van der Waals surface area contributed by atoms with Gasteiger partial charge in [0.05, 0.1) is 12.9 Å². The van der Waals surface area contributed by atoms with E-state index in [0.717, 1.165) is 5.56 Å². The smallest absolute Gasteiger partial charge is 0.339 e. The van der Waals surface area contributed by atoms with Crippen LogP contribution in [0.1, 0.15) is 18.1 Å². The van der Waals surface area contributed by atoms with E-state index in [-0.39, 0.29) is 37.2 Å². The van der Waals surface area contributed by atoms with Gasteiger partial charge in [-0.05, 0) is 42.8 Å². The lowest BCUT2D eigenvalue weighted by Crippen LogP contribution is -2.13. The van der Waals surface area contributed by atoms with Crippen LogP contribution in [0.5, 0.6) is 11.5 Å². The summed E-state index contributed by atoms with van der Waals surface area (Å²) in [6.45, 7) is 3.28. The van der Waals surface area contributed by atoms with Crippen molar-refractivity contribution in [3.05, 3.63) is 59.2 Å². The summed E-state index contributed by atoms with van der Waals surface area (Å²) in [6, 6.07) is 12.0. The van der Waals surface area contributed by atoms with Crippen molar-refractivity contribution in [2.75, 3.05) is 18.2 Å². The average molecular weight is 549 g/mol. The number of hydrogen-bond acceptors (Lipinski definition) is 11. The number of rotatable bonds is 9. The van der Waals surface area contributed by atoms with Crippen LogP contribution in [0, 0.1) is 18.3 Å². The number of ether oxygens (including phenoxy) is 1. The Kier molecular flexibility index (Phi) is 8.08. The lowest BCUT2D eigenvalue weighted by atomic mass is 10.1. The van der Waals surface area contributed by atoms with E-state index in [9.17, 15) is 26.9 Å². The van der Waals surface area contributed by atoms with Gasteiger partial charge in [-0.3, -0.25) is 10.1 Å². The van der Waals surface area contributed by atoms with Crippen molar-refractivity contribution in [1.82, 2.24) is 10.2 Å². The number of nitrogens with zero attached hydrogens (tertiary/aromatic N) is 3. The number of hydrogen-bond donors (Lipinski definition) is 1. The van der Waals surface area contributed by atoms with Gasteiger partial charge in [0, 0.05) is 0 Å². The van der Waals surface area contributed by atoms with Gasteiger partial charge in [0.25, 0.3) is 5.91 Å². The molecule has 188 valence electrons. The quantitative estimate of drug-likeness (QED) is 0.182. The first-order valence-electron chi connectivity index (χ1n) is 10.2. The molecule has 0 aliphatic rings. The molecule has 0 spiro atoms. The third-order valence-electron chi connectivity index (χ3n) is 4.65. The number of nitriles is 1. The molecule has 0 fully saturated rings. The summed E-state index contributed by atoms with van der Waals surface area (Å²) < 4.78 is 59.2. The van der Waals surface area contributed by atoms with Gasteiger partial charge in [0.15, 0.2) is 11.5 Å². The molecule has 3 aromatic rings. The second-order valence-electron chi connectivity index (χ2n) is 7.16. The van der Waals surface area contributed by atoms with Crippen LogP contribution < -0.4 is 14.2 Å². The third kappa shape index (κ3) is 6.25. The first-order valence-corrected chi connectivity index (χ1v) is 14.1. The van der Waals surface area contributed by atoms with Crippen molar-refractivity contribution in [1.29, 1.82) is 5.26 Å². The maximum atomic E-state index is 12.6. The second kappa shape index (κ2) is 10.9. The highest BCUT2D eigenvalue weighted by Crippen LogP contribution is 2.32. The van der Waals surface area contributed by atoms with Crippen LogP contribution in [0.2, 0.25) is 0 Å². The summed E-state index contributed by atoms with van der Waals surface area (Å²) in [4.78, 5) is 12.5. The van der Waals surface area contributed by atoms with Gasteiger partial charge in [-0.2, -0.15) is 13.7 Å². The molecule has 2 aromatic carbocycles. The van der Waals surface area contributed by atoms with E-state index in [0.29, 0.717) is 16.9 Å². The van der Waals surface area contributed by atoms with Crippen LogP contribution in [-0.2, 0) is 24.7 Å². The number of carbonyl (C=O) groups excluding carboxylic acids is 1. The van der Waals surface area contributed by atoms with E-state index in [2.05, 4.69) is 15.5 Å². The Balaban J connectivity index is 1.82. The number of carbonyl (C=O) groups is 1. The fourth-order valence-corrected chi connectivity index (χ4v) is 5.63. The predicted octanol–water partition coefficient (Wildman–Crippen LogP) is 2.96. The lowest BCUT2D eigenvalue weighted by Gasteiger charge is -2.11. The fourth-order valence-electron chi connectivity index (χ4n) is 2.70. The maximum absolute atomic E-state index is 12.6. The molecule has 1 aromatic heterocycles. The van der Waals surface area contributed by atoms with Gasteiger partial charge >= 0.3 is 10.1 Å². The number of benzene rings is 2. The summed E-state index contributed by atoms with van der Waals surface area (Å²) >= 11 is 0.667. The molecule has 0 bridgehead atoms. The number of aryl methyl sites for hydroxylation is 1. The topological polar surface area (TPSA) is 165 Å². The molecule has 11 nitrogen and oxygen atoms in total. The number of sulfone groups is 1. The maximum Gasteiger partial charge on any atom is 0.339 e. The molecule has 36 heavy (non-hydrogen) atoms. The van der Waals surface area contributed by atoms with Gasteiger partial charge in [-0.25, -0.2) is 8.42 Å². The third-order valence-corrected chi connectivity index (χ3v) is 8.91. The molecule has 0 aliphatic carbocycles. The minimum Gasteiger partial charge on any atom is -0.493 e. The van der Waals surface area contributed by atoms with Crippen LogP contribution in [0.15, 0.2) is 57.3 Å². The molecule has 0 saturated carbocycles. The summed E-state index contributed by atoms with van der Waals surface area (Å²) in [5.74, 6) is -1.05. The Morgan fingerprint density at radius 2 is 1.81 bits per heavy atom. The molecule has 0 unspecified atom stereocenters. The van der Waals surface area contributed by atoms with E-state index < -0.39 is 25.9 Å². The zero-order valence-electron chi connectivity index (χ0n) is 19.3. The molecule has 1 heterocycles. The van der Waals surface area contributed by atoms with Gasteiger partial charge in [0.1, 0.15) is 16.5 Å². The van der Waals surface area contributed by atoms with Crippen molar-refractivity contribution < 1.29 is 30.6 Å². The van der Waals surface area contributed by atoms with E-state index in [1.165, 1.54) is 50.4 Å². The zero-order chi connectivity index (χ0) is 26.5. The number of aromatic nitrogens is 2. The van der Waals surface area contributed by atoms with Crippen molar-refractivity contribution in [3.8, 4) is 17.6 Å². The predicted molar refractivity (Wildman–Crippen MR) is 132 cm³/mol. The van der Waals surface area contributed by atoms with E-state index in [4.69, 9.17) is 8.92 Å². The molecule has 1 N–H and O–H groups in total. The summed E-state index contributed by atoms with van der Waals surface area (Å²) in [6.07, 6.45) is 1.24. The highest BCUT2D eigenvalue weighted by atomic mass is 32.2. The lowest BCUT2D eigenvalue weighted by molar-refractivity contribution is -0.112. The Morgan fingerprint density at radius 1 is 1.11 bits per heavy atom. The Morgan fingerprint density at radius 3 is 2.42 bits per heavy atom. The summed E-state index contributed by atoms with van der Waals surface area (Å²) in [7, 11) is -6.41. The molecular formula is C22H20N4O7S3. The highest BCUT2D eigenvalue weighted by Gasteiger charge is 2.21.